The molecule has 0 saturated carbocycles. The summed E-state index contributed by atoms with van der Waals surface area (Å²) in [4.78, 5) is 72.4. The maximum atomic E-state index is 12.7. The lowest BCUT2D eigenvalue weighted by molar-refractivity contribution is -0.384. The fraction of sp³-hybridized carbons (Fsp3) is 0.476. The number of benzene rings is 1. The lowest BCUT2D eigenvalue weighted by atomic mass is 10.0. The van der Waals surface area contributed by atoms with Crippen LogP contribution in [0.15, 0.2) is 24.3 Å². The van der Waals surface area contributed by atoms with Crippen molar-refractivity contribution in [3.63, 3.8) is 0 Å². The summed E-state index contributed by atoms with van der Waals surface area (Å²) in [7, 11) is 0. The molecule has 0 bridgehead atoms. The molecule has 5 amide bonds. The van der Waals surface area contributed by atoms with E-state index in [1.54, 1.807) is 13.8 Å². The number of amides is 5. The molecule has 0 spiro atoms. The van der Waals surface area contributed by atoms with Crippen LogP contribution < -0.4 is 16.0 Å². The van der Waals surface area contributed by atoms with Gasteiger partial charge in [-0.05, 0) is 31.9 Å². The van der Waals surface area contributed by atoms with E-state index in [1.165, 1.54) is 38.1 Å². The third-order valence-corrected chi connectivity index (χ3v) is 5.20. The van der Waals surface area contributed by atoms with Crippen LogP contribution >= 0.6 is 0 Å². The van der Waals surface area contributed by atoms with Gasteiger partial charge in [0.2, 0.25) is 29.5 Å². The molecule has 1 aliphatic heterocycles. The minimum Gasteiger partial charge on any atom is -0.343 e. The molecular weight excluding hydrogens is 434 g/mol. The average Bonchev–Trinajstić information content (AvgIpc) is 3.08. The second-order valence-corrected chi connectivity index (χ2v) is 8.09. The van der Waals surface area contributed by atoms with E-state index in [0.717, 1.165) is 4.90 Å². The highest BCUT2D eigenvalue weighted by Crippen LogP contribution is 2.17. The highest BCUT2D eigenvalue weighted by Gasteiger charge is 2.37. The summed E-state index contributed by atoms with van der Waals surface area (Å²) in [5.74, 6) is -3.03. The van der Waals surface area contributed by atoms with E-state index >= 15 is 0 Å². The zero-order valence-electron chi connectivity index (χ0n) is 18.8. The second-order valence-electron chi connectivity index (χ2n) is 8.09. The number of hydrogen-bond donors (Lipinski definition) is 3. The van der Waals surface area contributed by atoms with Gasteiger partial charge in [-0.3, -0.25) is 39.0 Å². The Morgan fingerprint density at radius 3 is 1.94 bits per heavy atom. The molecule has 0 radical (unpaired) electrons. The standard InChI is InChI=1S/C21H27N5O7/c1-11(2)18(21(31)23-14-5-7-15(8-6-14)26(32)33)24-19(29)12(3)22-20(30)13(4)25-16(27)9-10-17(25)28/h5-8,11-13,18H,9-10H2,1-4H3,(H,22,30)(H,23,31)(H,24,29)/t12-,13-,18-/m0/s1. The number of carbonyl (C=O) groups excluding carboxylic acids is 5. The van der Waals surface area contributed by atoms with Crippen molar-refractivity contribution in [2.45, 2.75) is 58.7 Å². The van der Waals surface area contributed by atoms with Crippen molar-refractivity contribution >= 4 is 40.9 Å². The molecule has 0 unspecified atom stereocenters. The van der Waals surface area contributed by atoms with Crippen molar-refractivity contribution in [1.29, 1.82) is 0 Å². The molecule has 1 aliphatic rings. The summed E-state index contributed by atoms with van der Waals surface area (Å²) in [6.07, 6.45) is 0.0961. The number of non-ortho nitro benzene ring substituents is 1. The van der Waals surface area contributed by atoms with E-state index in [2.05, 4.69) is 16.0 Å². The molecule has 1 heterocycles. The Morgan fingerprint density at radius 1 is 0.909 bits per heavy atom. The molecule has 1 aromatic rings. The van der Waals surface area contributed by atoms with E-state index in [-0.39, 0.29) is 24.4 Å². The van der Waals surface area contributed by atoms with Gasteiger partial charge in [-0.15, -0.1) is 0 Å². The topological polar surface area (TPSA) is 168 Å². The van der Waals surface area contributed by atoms with Crippen LogP contribution in [0.2, 0.25) is 0 Å². The van der Waals surface area contributed by atoms with E-state index < -0.39 is 52.6 Å². The summed E-state index contributed by atoms with van der Waals surface area (Å²) in [6, 6.07) is 2.18. The number of nitrogens with zero attached hydrogens (tertiary/aromatic N) is 2. The van der Waals surface area contributed by atoms with Gasteiger partial charge >= 0.3 is 0 Å². The molecule has 1 fully saturated rings. The molecule has 178 valence electrons. The van der Waals surface area contributed by atoms with Crippen molar-refractivity contribution in [2.75, 3.05) is 5.32 Å². The van der Waals surface area contributed by atoms with Gasteiger partial charge in [0.05, 0.1) is 4.92 Å². The van der Waals surface area contributed by atoms with E-state index in [4.69, 9.17) is 0 Å². The van der Waals surface area contributed by atoms with Crippen LogP contribution in [0.5, 0.6) is 0 Å². The fourth-order valence-electron chi connectivity index (χ4n) is 3.24. The number of nitro groups is 1. The van der Waals surface area contributed by atoms with Gasteiger partial charge in [-0.25, -0.2) is 0 Å². The number of nitro benzene ring substituents is 1. The van der Waals surface area contributed by atoms with Crippen LogP contribution in [-0.2, 0) is 24.0 Å². The van der Waals surface area contributed by atoms with Gasteiger partial charge in [0.15, 0.2) is 0 Å². The molecule has 1 saturated heterocycles. The van der Waals surface area contributed by atoms with Gasteiger partial charge in [0.25, 0.3) is 5.69 Å². The van der Waals surface area contributed by atoms with Crippen molar-refractivity contribution in [3.05, 3.63) is 34.4 Å². The molecule has 1 aromatic carbocycles. The Morgan fingerprint density at radius 2 is 1.45 bits per heavy atom. The number of likely N-dealkylation sites (tertiary alicyclic amines) is 1. The first-order chi connectivity index (χ1) is 15.4. The maximum absolute atomic E-state index is 12.7. The number of carbonyl (C=O) groups is 5. The van der Waals surface area contributed by atoms with Gasteiger partial charge in [-0.2, -0.15) is 0 Å². The molecule has 2 rings (SSSR count). The summed E-state index contributed by atoms with van der Waals surface area (Å²) in [6.45, 7) is 6.25. The Balaban J connectivity index is 1.98. The van der Waals surface area contributed by atoms with E-state index in [0.29, 0.717) is 5.69 Å². The third-order valence-electron chi connectivity index (χ3n) is 5.20. The number of nitrogens with one attached hydrogen (secondary N) is 3. The zero-order chi connectivity index (χ0) is 24.9. The molecule has 0 aliphatic carbocycles. The first-order valence-electron chi connectivity index (χ1n) is 10.4. The van der Waals surface area contributed by atoms with Gasteiger partial charge in [-0.1, -0.05) is 13.8 Å². The second kappa shape index (κ2) is 10.7. The Kier molecular flexibility index (Phi) is 8.21. The molecule has 3 N–H and O–H groups in total. The largest absolute Gasteiger partial charge is 0.343 e. The Labute approximate surface area is 190 Å². The van der Waals surface area contributed by atoms with Gasteiger partial charge in [0.1, 0.15) is 18.1 Å². The normalized spacial score (nSPS) is 16.2. The average molecular weight is 461 g/mol. The molecule has 12 nitrogen and oxygen atoms in total. The molecule has 0 aromatic heterocycles. The van der Waals surface area contributed by atoms with E-state index in [9.17, 15) is 34.1 Å². The maximum Gasteiger partial charge on any atom is 0.269 e. The lowest BCUT2D eigenvalue weighted by Crippen LogP contribution is -2.56. The predicted octanol–water partition coefficient (Wildman–Crippen LogP) is 0.716. The summed E-state index contributed by atoms with van der Waals surface area (Å²) in [5, 5.41) is 18.4. The molecule has 3 atom stereocenters. The van der Waals surface area contributed by atoms with Crippen molar-refractivity contribution in [2.24, 2.45) is 5.92 Å². The number of rotatable bonds is 9. The van der Waals surface area contributed by atoms with Gasteiger partial charge in [0, 0.05) is 30.7 Å². The van der Waals surface area contributed by atoms with Crippen LogP contribution in [-0.4, -0.2) is 57.5 Å². The van der Waals surface area contributed by atoms with Crippen LogP contribution in [0, 0.1) is 16.0 Å². The molecular formula is C21H27N5O7. The lowest BCUT2D eigenvalue weighted by Gasteiger charge is -2.26. The van der Waals surface area contributed by atoms with Crippen LogP contribution in [0.3, 0.4) is 0 Å². The van der Waals surface area contributed by atoms with E-state index in [1.807, 2.05) is 0 Å². The fourth-order valence-corrected chi connectivity index (χ4v) is 3.24. The first-order valence-corrected chi connectivity index (χ1v) is 10.4. The van der Waals surface area contributed by atoms with Crippen molar-refractivity contribution < 1.29 is 28.9 Å². The minimum atomic E-state index is -1.06. The highest BCUT2D eigenvalue weighted by molar-refractivity contribution is 6.06. The quantitative estimate of drug-likeness (QED) is 0.276. The van der Waals surface area contributed by atoms with Gasteiger partial charge < -0.3 is 16.0 Å². The summed E-state index contributed by atoms with van der Waals surface area (Å²) in [5.41, 5.74) is 0.193. The minimum absolute atomic E-state index is 0.0480. The number of imide groups is 1. The summed E-state index contributed by atoms with van der Waals surface area (Å²) < 4.78 is 0. The SMILES string of the molecule is CC(C)[C@H](NC(=O)[C@H](C)NC(=O)[C@H](C)N1C(=O)CCC1=O)C(=O)Nc1ccc([N+](=O)[O-])cc1. The van der Waals surface area contributed by atoms with Crippen LogP contribution in [0.4, 0.5) is 11.4 Å². The Bertz CT molecular complexity index is 944. The predicted molar refractivity (Wildman–Crippen MR) is 117 cm³/mol. The Hall–Kier alpha value is -3.83. The molecule has 12 heteroatoms. The number of anilines is 1. The third kappa shape index (κ3) is 6.34. The first kappa shape index (κ1) is 25.4. The van der Waals surface area contributed by atoms with Crippen molar-refractivity contribution in [3.8, 4) is 0 Å². The molecule has 33 heavy (non-hydrogen) atoms. The van der Waals surface area contributed by atoms with Crippen LogP contribution in [0.1, 0.15) is 40.5 Å². The monoisotopic (exact) mass is 461 g/mol. The summed E-state index contributed by atoms with van der Waals surface area (Å²) >= 11 is 0. The highest BCUT2D eigenvalue weighted by atomic mass is 16.6. The van der Waals surface area contributed by atoms with Crippen molar-refractivity contribution in [1.82, 2.24) is 15.5 Å². The van der Waals surface area contributed by atoms with Crippen LogP contribution in [0.25, 0.3) is 0 Å². The smallest absolute Gasteiger partial charge is 0.269 e. The number of hydrogen-bond acceptors (Lipinski definition) is 7. The zero-order valence-corrected chi connectivity index (χ0v) is 18.8.